The topological polar surface area (TPSA) is 63.7 Å². The molecule has 3 aromatic rings. The van der Waals surface area contributed by atoms with E-state index in [9.17, 15) is 13.2 Å². The standard InChI is InChI=1S/C27H29NO4S/c29-27(28-18-8-12-24(28)21-33(30,31)26-14-5-2-6-15-26)17-16-22-11-7-13-25(19-22)32-20-23-9-3-1-4-10-23/h1-7,9-11,13-15,19,24H,8,12,16-18,20-21H2. The summed E-state index contributed by atoms with van der Waals surface area (Å²) in [5.74, 6) is 0.763. The van der Waals surface area contributed by atoms with Crippen LogP contribution in [0.15, 0.2) is 89.8 Å². The SMILES string of the molecule is O=C(CCc1cccc(OCc2ccccc2)c1)N1CCCC1CS(=O)(=O)c1ccccc1. The van der Waals surface area contributed by atoms with E-state index in [2.05, 4.69) is 0 Å². The Morgan fingerprint density at radius 3 is 2.36 bits per heavy atom. The second-order valence-corrected chi connectivity index (χ2v) is 10.4. The van der Waals surface area contributed by atoms with Gasteiger partial charge in [0.2, 0.25) is 5.91 Å². The Kier molecular flexibility index (Phi) is 7.45. The van der Waals surface area contributed by atoms with Gasteiger partial charge in [0, 0.05) is 19.0 Å². The van der Waals surface area contributed by atoms with Gasteiger partial charge in [-0.15, -0.1) is 0 Å². The molecular formula is C27H29NO4S. The molecule has 33 heavy (non-hydrogen) atoms. The Hall–Kier alpha value is -3.12. The minimum atomic E-state index is -3.42. The van der Waals surface area contributed by atoms with Crippen LogP contribution in [0.25, 0.3) is 0 Å². The van der Waals surface area contributed by atoms with Gasteiger partial charge >= 0.3 is 0 Å². The van der Waals surface area contributed by atoms with Gasteiger partial charge in [0.05, 0.1) is 10.6 Å². The van der Waals surface area contributed by atoms with Crippen molar-refractivity contribution in [2.24, 2.45) is 0 Å². The normalized spacial score (nSPS) is 16.0. The van der Waals surface area contributed by atoms with E-state index in [4.69, 9.17) is 4.74 Å². The van der Waals surface area contributed by atoms with Crippen molar-refractivity contribution >= 4 is 15.7 Å². The molecule has 1 amide bonds. The largest absolute Gasteiger partial charge is 0.489 e. The average molecular weight is 464 g/mol. The van der Waals surface area contributed by atoms with Crippen LogP contribution in [0.2, 0.25) is 0 Å². The second kappa shape index (κ2) is 10.7. The third kappa shape index (κ3) is 6.23. The van der Waals surface area contributed by atoms with Crippen LogP contribution < -0.4 is 4.74 Å². The van der Waals surface area contributed by atoms with E-state index < -0.39 is 9.84 Å². The molecule has 1 aliphatic heterocycles. The molecule has 0 radical (unpaired) electrons. The lowest BCUT2D eigenvalue weighted by Gasteiger charge is -2.25. The minimum absolute atomic E-state index is 0.0105. The third-order valence-electron chi connectivity index (χ3n) is 5.99. The molecule has 1 saturated heterocycles. The molecule has 1 fully saturated rings. The van der Waals surface area contributed by atoms with Crippen LogP contribution in [0.4, 0.5) is 0 Å². The number of nitrogens with zero attached hydrogens (tertiary/aromatic N) is 1. The smallest absolute Gasteiger partial charge is 0.223 e. The van der Waals surface area contributed by atoms with Crippen molar-refractivity contribution in [2.75, 3.05) is 12.3 Å². The summed E-state index contributed by atoms with van der Waals surface area (Å²) in [7, 11) is -3.42. The van der Waals surface area contributed by atoms with Crippen molar-refractivity contribution < 1.29 is 17.9 Å². The highest BCUT2D eigenvalue weighted by atomic mass is 32.2. The fourth-order valence-corrected chi connectivity index (χ4v) is 5.86. The zero-order chi connectivity index (χ0) is 23.1. The fraction of sp³-hybridized carbons (Fsp3) is 0.296. The van der Waals surface area contributed by atoms with Crippen LogP contribution in [0, 0.1) is 0 Å². The van der Waals surface area contributed by atoms with E-state index in [-0.39, 0.29) is 17.7 Å². The van der Waals surface area contributed by atoms with Crippen LogP contribution >= 0.6 is 0 Å². The minimum Gasteiger partial charge on any atom is -0.489 e. The molecule has 5 nitrogen and oxygen atoms in total. The number of carbonyl (C=O) groups is 1. The van der Waals surface area contributed by atoms with Gasteiger partial charge < -0.3 is 9.64 Å². The van der Waals surface area contributed by atoms with Gasteiger partial charge in [-0.1, -0.05) is 60.7 Å². The molecule has 0 N–H and O–H groups in total. The van der Waals surface area contributed by atoms with Gasteiger partial charge in [-0.2, -0.15) is 0 Å². The molecule has 1 aliphatic rings. The lowest BCUT2D eigenvalue weighted by atomic mass is 10.1. The van der Waals surface area contributed by atoms with Gasteiger partial charge in [-0.3, -0.25) is 4.79 Å². The predicted molar refractivity (Wildman–Crippen MR) is 129 cm³/mol. The molecule has 1 unspecified atom stereocenters. The molecule has 1 atom stereocenters. The highest BCUT2D eigenvalue weighted by Gasteiger charge is 2.32. The fourth-order valence-electron chi connectivity index (χ4n) is 4.24. The first-order valence-corrected chi connectivity index (χ1v) is 13.0. The quantitative estimate of drug-likeness (QED) is 0.463. The van der Waals surface area contributed by atoms with E-state index >= 15 is 0 Å². The number of aryl methyl sites for hydroxylation is 1. The summed E-state index contributed by atoms with van der Waals surface area (Å²) < 4.78 is 31.5. The number of rotatable bonds is 9. The zero-order valence-corrected chi connectivity index (χ0v) is 19.4. The van der Waals surface area contributed by atoms with Gasteiger partial charge in [0.1, 0.15) is 12.4 Å². The van der Waals surface area contributed by atoms with E-state index in [1.165, 1.54) is 0 Å². The van der Waals surface area contributed by atoms with Crippen LogP contribution in [0.5, 0.6) is 5.75 Å². The van der Waals surface area contributed by atoms with Gasteiger partial charge in [0.25, 0.3) is 0 Å². The molecule has 172 valence electrons. The van der Waals surface area contributed by atoms with E-state index in [0.29, 0.717) is 30.9 Å². The Morgan fingerprint density at radius 2 is 1.61 bits per heavy atom. The zero-order valence-electron chi connectivity index (χ0n) is 18.6. The molecule has 0 saturated carbocycles. The maximum absolute atomic E-state index is 12.9. The van der Waals surface area contributed by atoms with Gasteiger partial charge in [-0.05, 0) is 54.7 Å². The van der Waals surface area contributed by atoms with Gasteiger partial charge in [-0.25, -0.2) is 8.42 Å². The molecular weight excluding hydrogens is 434 g/mol. The summed E-state index contributed by atoms with van der Waals surface area (Å²) in [5.41, 5.74) is 2.13. The average Bonchev–Trinajstić information content (AvgIpc) is 3.30. The molecule has 0 aromatic heterocycles. The van der Waals surface area contributed by atoms with E-state index in [0.717, 1.165) is 29.7 Å². The van der Waals surface area contributed by atoms with E-state index in [1.807, 2.05) is 54.6 Å². The van der Waals surface area contributed by atoms with Crippen LogP contribution in [0.1, 0.15) is 30.4 Å². The predicted octanol–water partition coefficient (Wildman–Crippen LogP) is 4.66. The van der Waals surface area contributed by atoms with Gasteiger partial charge in [0.15, 0.2) is 9.84 Å². The summed E-state index contributed by atoms with van der Waals surface area (Å²) in [6, 6.07) is 26.0. The summed E-state index contributed by atoms with van der Waals surface area (Å²) >= 11 is 0. The monoisotopic (exact) mass is 463 g/mol. The van der Waals surface area contributed by atoms with Crippen LogP contribution in [0.3, 0.4) is 0 Å². The van der Waals surface area contributed by atoms with Crippen LogP contribution in [-0.2, 0) is 27.7 Å². The number of carbonyl (C=O) groups excluding carboxylic acids is 1. The first-order chi connectivity index (χ1) is 16.0. The molecule has 4 rings (SSSR count). The maximum atomic E-state index is 12.9. The third-order valence-corrected chi connectivity index (χ3v) is 7.80. The van der Waals surface area contributed by atoms with Crippen molar-refractivity contribution in [2.45, 2.75) is 43.2 Å². The molecule has 6 heteroatoms. The van der Waals surface area contributed by atoms with E-state index in [1.54, 1.807) is 35.2 Å². The van der Waals surface area contributed by atoms with Crippen molar-refractivity contribution in [1.82, 2.24) is 4.90 Å². The number of likely N-dealkylation sites (tertiary alicyclic amines) is 1. The van der Waals surface area contributed by atoms with Crippen LogP contribution in [-0.4, -0.2) is 37.6 Å². The Bertz CT molecular complexity index is 1160. The summed E-state index contributed by atoms with van der Waals surface area (Å²) in [5, 5.41) is 0. The number of amides is 1. The van der Waals surface area contributed by atoms with Crippen molar-refractivity contribution in [3.8, 4) is 5.75 Å². The Balaban J connectivity index is 1.32. The number of benzene rings is 3. The van der Waals surface area contributed by atoms with Crippen molar-refractivity contribution in [3.63, 3.8) is 0 Å². The maximum Gasteiger partial charge on any atom is 0.223 e. The molecule has 0 spiro atoms. The summed E-state index contributed by atoms with van der Waals surface area (Å²) in [6.07, 6.45) is 2.50. The molecule has 1 heterocycles. The highest BCUT2D eigenvalue weighted by molar-refractivity contribution is 7.91. The lowest BCUT2D eigenvalue weighted by Crippen LogP contribution is -2.39. The Morgan fingerprint density at radius 1 is 0.909 bits per heavy atom. The first kappa shape index (κ1) is 23.1. The number of sulfone groups is 1. The van der Waals surface area contributed by atoms with Crippen molar-refractivity contribution in [1.29, 1.82) is 0 Å². The first-order valence-electron chi connectivity index (χ1n) is 11.3. The number of ether oxygens (including phenoxy) is 1. The molecule has 3 aromatic carbocycles. The number of hydrogen-bond acceptors (Lipinski definition) is 4. The lowest BCUT2D eigenvalue weighted by molar-refractivity contribution is -0.131. The molecule has 0 bridgehead atoms. The van der Waals surface area contributed by atoms with Crippen molar-refractivity contribution in [3.05, 3.63) is 96.1 Å². The Labute approximate surface area is 195 Å². The molecule has 0 aliphatic carbocycles. The second-order valence-electron chi connectivity index (χ2n) is 8.40. The summed E-state index contributed by atoms with van der Waals surface area (Å²) in [4.78, 5) is 15.0. The summed E-state index contributed by atoms with van der Waals surface area (Å²) in [6.45, 7) is 1.11. The number of hydrogen-bond donors (Lipinski definition) is 0. The highest BCUT2D eigenvalue weighted by Crippen LogP contribution is 2.24.